The number of anilines is 1. The van der Waals surface area contributed by atoms with Gasteiger partial charge in [0, 0.05) is 19.0 Å². The van der Waals surface area contributed by atoms with Gasteiger partial charge in [-0.25, -0.2) is 0 Å². The van der Waals surface area contributed by atoms with E-state index < -0.39 is 0 Å². The van der Waals surface area contributed by atoms with Gasteiger partial charge < -0.3 is 20.7 Å². The van der Waals surface area contributed by atoms with E-state index in [1.807, 2.05) is 0 Å². The van der Waals surface area contributed by atoms with Crippen LogP contribution in [0.2, 0.25) is 0 Å². The second kappa shape index (κ2) is 7.26. The van der Waals surface area contributed by atoms with Crippen LogP contribution in [0.4, 0.5) is 5.69 Å². The SMILES string of the molecule is CNC(=O)c1cc(OC)ccc1NC(=O)[C@H]1CCN[C@@H](C)C1. The quantitative estimate of drug-likeness (QED) is 0.785. The third kappa shape index (κ3) is 3.76. The molecule has 0 saturated carbocycles. The normalized spacial score (nSPS) is 21.0. The lowest BCUT2D eigenvalue weighted by molar-refractivity contribution is -0.120. The van der Waals surface area contributed by atoms with Gasteiger partial charge in [-0.15, -0.1) is 0 Å². The number of methoxy groups -OCH3 is 1. The molecule has 0 spiro atoms. The summed E-state index contributed by atoms with van der Waals surface area (Å²) in [6.07, 6.45) is 1.61. The van der Waals surface area contributed by atoms with Crippen molar-refractivity contribution < 1.29 is 14.3 Å². The molecule has 1 saturated heterocycles. The molecular formula is C16H23N3O3. The Morgan fingerprint density at radius 3 is 2.77 bits per heavy atom. The molecule has 1 aromatic carbocycles. The maximum Gasteiger partial charge on any atom is 0.253 e. The van der Waals surface area contributed by atoms with Gasteiger partial charge in [-0.2, -0.15) is 0 Å². The molecule has 1 aromatic rings. The van der Waals surface area contributed by atoms with Crippen molar-refractivity contribution in [2.24, 2.45) is 5.92 Å². The van der Waals surface area contributed by atoms with Crippen LogP contribution in [0.5, 0.6) is 5.75 Å². The molecule has 0 radical (unpaired) electrons. The fraction of sp³-hybridized carbons (Fsp3) is 0.500. The van der Waals surface area contributed by atoms with Gasteiger partial charge >= 0.3 is 0 Å². The highest BCUT2D eigenvalue weighted by Crippen LogP contribution is 2.24. The van der Waals surface area contributed by atoms with Crippen LogP contribution in [-0.4, -0.2) is 38.6 Å². The van der Waals surface area contributed by atoms with Gasteiger partial charge in [0.2, 0.25) is 5.91 Å². The largest absolute Gasteiger partial charge is 0.497 e. The highest BCUT2D eigenvalue weighted by atomic mass is 16.5. The number of amides is 2. The summed E-state index contributed by atoms with van der Waals surface area (Å²) in [5, 5.41) is 8.79. The molecule has 3 N–H and O–H groups in total. The Hall–Kier alpha value is -2.08. The molecular weight excluding hydrogens is 282 g/mol. The maximum absolute atomic E-state index is 12.4. The predicted molar refractivity (Wildman–Crippen MR) is 85.2 cm³/mol. The average molecular weight is 305 g/mol. The summed E-state index contributed by atoms with van der Waals surface area (Å²) in [5.41, 5.74) is 0.911. The second-order valence-corrected chi connectivity index (χ2v) is 5.56. The third-order valence-corrected chi connectivity index (χ3v) is 3.95. The minimum absolute atomic E-state index is 0.0316. The fourth-order valence-corrected chi connectivity index (χ4v) is 2.69. The maximum atomic E-state index is 12.4. The lowest BCUT2D eigenvalue weighted by Gasteiger charge is -2.27. The molecule has 1 heterocycles. The van der Waals surface area contributed by atoms with E-state index in [0.29, 0.717) is 23.0 Å². The first-order chi connectivity index (χ1) is 10.5. The minimum Gasteiger partial charge on any atom is -0.497 e. The second-order valence-electron chi connectivity index (χ2n) is 5.56. The standard InChI is InChI=1S/C16H23N3O3/c1-10-8-11(6-7-18-10)15(20)19-14-5-4-12(22-3)9-13(14)16(21)17-2/h4-5,9-11,18H,6-8H2,1-3H3,(H,17,21)(H,19,20)/t10-,11-/m0/s1. The summed E-state index contributed by atoms with van der Waals surface area (Å²) in [6.45, 7) is 2.91. The molecule has 6 nitrogen and oxygen atoms in total. The van der Waals surface area contributed by atoms with Crippen molar-refractivity contribution in [1.82, 2.24) is 10.6 Å². The number of carbonyl (C=O) groups excluding carboxylic acids is 2. The Bertz CT molecular complexity index is 560. The van der Waals surface area contributed by atoms with Crippen LogP contribution in [0.25, 0.3) is 0 Å². The molecule has 2 atom stereocenters. The highest BCUT2D eigenvalue weighted by molar-refractivity contribution is 6.04. The molecule has 0 aliphatic carbocycles. The zero-order valence-corrected chi connectivity index (χ0v) is 13.2. The summed E-state index contributed by atoms with van der Waals surface area (Å²) >= 11 is 0. The van der Waals surface area contributed by atoms with E-state index >= 15 is 0 Å². The molecule has 0 unspecified atom stereocenters. The van der Waals surface area contributed by atoms with Crippen LogP contribution >= 0.6 is 0 Å². The van der Waals surface area contributed by atoms with Crippen LogP contribution in [0.1, 0.15) is 30.1 Å². The number of carbonyl (C=O) groups is 2. The third-order valence-electron chi connectivity index (χ3n) is 3.95. The van der Waals surface area contributed by atoms with Crippen molar-refractivity contribution in [3.63, 3.8) is 0 Å². The van der Waals surface area contributed by atoms with Crippen LogP contribution in [0.3, 0.4) is 0 Å². The predicted octanol–water partition coefficient (Wildman–Crippen LogP) is 1.38. The van der Waals surface area contributed by atoms with Crippen LogP contribution in [-0.2, 0) is 4.79 Å². The van der Waals surface area contributed by atoms with Crippen molar-refractivity contribution in [2.75, 3.05) is 26.0 Å². The minimum atomic E-state index is -0.257. The number of hydrogen-bond acceptors (Lipinski definition) is 4. The Morgan fingerprint density at radius 1 is 1.36 bits per heavy atom. The smallest absolute Gasteiger partial charge is 0.253 e. The van der Waals surface area contributed by atoms with Gasteiger partial charge in [-0.05, 0) is 44.5 Å². The average Bonchev–Trinajstić information content (AvgIpc) is 2.54. The van der Waals surface area contributed by atoms with E-state index in [-0.39, 0.29) is 17.7 Å². The summed E-state index contributed by atoms with van der Waals surface area (Å²) in [5.74, 6) is 0.250. The van der Waals surface area contributed by atoms with E-state index in [4.69, 9.17) is 4.74 Å². The van der Waals surface area contributed by atoms with Crippen molar-refractivity contribution in [3.8, 4) is 5.75 Å². The van der Waals surface area contributed by atoms with Gasteiger partial charge in [0.15, 0.2) is 0 Å². The number of piperidine rings is 1. The first kappa shape index (κ1) is 16.3. The van der Waals surface area contributed by atoms with Gasteiger partial charge in [0.1, 0.15) is 5.75 Å². The fourth-order valence-electron chi connectivity index (χ4n) is 2.69. The Balaban J connectivity index is 2.17. The molecule has 0 bridgehead atoms. The Labute approximate surface area is 130 Å². The van der Waals surface area contributed by atoms with E-state index in [1.165, 1.54) is 7.11 Å². The van der Waals surface area contributed by atoms with E-state index in [2.05, 4.69) is 22.9 Å². The lowest BCUT2D eigenvalue weighted by atomic mass is 9.92. The van der Waals surface area contributed by atoms with Gasteiger partial charge in [0.25, 0.3) is 5.91 Å². The zero-order valence-electron chi connectivity index (χ0n) is 13.2. The van der Waals surface area contributed by atoms with Gasteiger partial charge in [-0.1, -0.05) is 0 Å². The monoisotopic (exact) mass is 305 g/mol. The first-order valence-corrected chi connectivity index (χ1v) is 7.49. The summed E-state index contributed by atoms with van der Waals surface area (Å²) in [6, 6.07) is 5.39. The van der Waals surface area contributed by atoms with E-state index in [1.54, 1.807) is 25.2 Å². The molecule has 0 aromatic heterocycles. The van der Waals surface area contributed by atoms with E-state index in [0.717, 1.165) is 19.4 Å². The molecule has 2 rings (SSSR count). The molecule has 1 aliphatic heterocycles. The lowest BCUT2D eigenvalue weighted by Crippen LogP contribution is -2.40. The topological polar surface area (TPSA) is 79.5 Å². The number of nitrogens with one attached hydrogen (secondary N) is 3. The number of benzene rings is 1. The molecule has 1 fully saturated rings. The van der Waals surface area contributed by atoms with Crippen LogP contribution in [0, 0.1) is 5.92 Å². The molecule has 6 heteroatoms. The highest BCUT2D eigenvalue weighted by Gasteiger charge is 2.25. The molecule has 2 amide bonds. The van der Waals surface area contributed by atoms with Gasteiger partial charge in [0.05, 0.1) is 18.4 Å². The molecule has 1 aliphatic rings. The Kier molecular flexibility index (Phi) is 5.38. The van der Waals surface area contributed by atoms with Crippen LogP contribution in [0.15, 0.2) is 18.2 Å². The van der Waals surface area contributed by atoms with Crippen LogP contribution < -0.4 is 20.7 Å². The van der Waals surface area contributed by atoms with Crippen molar-refractivity contribution in [2.45, 2.75) is 25.8 Å². The van der Waals surface area contributed by atoms with Crippen molar-refractivity contribution >= 4 is 17.5 Å². The molecule has 120 valence electrons. The van der Waals surface area contributed by atoms with Crippen molar-refractivity contribution in [3.05, 3.63) is 23.8 Å². The molecule has 22 heavy (non-hydrogen) atoms. The summed E-state index contributed by atoms with van der Waals surface area (Å²) < 4.78 is 5.14. The van der Waals surface area contributed by atoms with E-state index in [9.17, 15) is 9.59 Å². The number of hydrogen-bond donors (Lipinski definition) is 3. The summed E-state index contributed by atoms with van der Waals surface area (Å²) in [7, 11) is 3.10. The first-order valence-electron chi connectivity index (χ1n) is 7.49. The number of ether oxygens (including phenoxy) is 1. The Morgan fingerprint density at radius 2 is 2.14 bits per heavy atom. The number of rotatable bonds is 4. The summed E-state index contributed by atoms with van der Waals surface area (Å²) in [4.78, 5) is 24.4. The van der Waals surface area contributed by atoms with Crippen molar-refractivity contribution in [1.29, 1.82) is 0 Å². The van der Waals surface area contributed by atoms with Gasteiger partial charge in [-0.3, -0.25) is 9.59 Å². The zero-order chi connectivity index (χ0) is 16.1.